The van der Waals surface area contributed by atoms with Crippen LogP contribution in [0.15, 0.2) is 0 Å². The van der Waals surface area contributed by atoms with Crippen molar-refractivity contribution < 1.29 is 19.1 Å². The van der Waals surface area contributed by atoms with Crippen LogP contribution in [0.3, 0.4) is 0 Å². The number of cyclic esters (lactones) is 1. The van der Waals surface area contributed by atoms with Gasteiger partial charge in [0.05, 0.1) is 6.61 Å². The van der Waals surface area contributed by atoms with Crippen LogP contribution in [0.4, 0.5) is 0 Å². The first kappa shape index (κ1) is 14.7. The molecule has 1 rings (SSSR count). The van der Waals surface area contributed by atoms with Crippen molar-refractivity contribution in [1.29, 1.82) is 0 Å². The molecule has 0 bridgehead atoms. The Bertz CT molecular complexity index is 340. The number of nitrogens with one attached hydrogen (secondary N) is 1. The van der Waals surface area contributed by atoms with Crippen molar-refractivity contribution in [1.82, 2.24) is 5.32 Å². The summed E-state index contributed by atoms with van der Waals surface area (Å²) >= 11 is 0. The predicted octanol–water partition coefficient (Wildman–Crippen LogP) is 1.35. The number of carbonyl (C=O) groups excluding carboxylic acids is 3. The lowest BCUT2D eigenvalue weighted by Crippen LogP contribution is -2.49. The summed E-state index contributed by atoms with van der Waals surface area (Å²) in [6.07, 6.45) is 3.34. The van der Waals surface area contributed by atoms with Crippen LogP contribution in [0.25, 0.3) is 0 Å². The Balaban J connectivity index is 2.22. The Hall–Kier alpha value is -1.39. The molecule has 0 aliphatic carbocycles. The minimum Gasteiger partial charge on any atom is -0.464 e. The second kappa shape index (κ2) is 6.52. The SMILES string of the molecule is CCC(=O)CCCCC(=O)N[C@@]1(C)CCOC1=O. The molecule has 0 aromatic rings. The third-order valence-electron chi connectivity index (χ3n) is 3.20. The van der Waals surface area contributed by atoms with E-state index in [2.05, 4.69) is 5.32 Å². The number of esters is 1. The van der Waals surface area contributed by atoms with E-state index < -0.39 is 5.54 Å². The van der Waals surface area contributed by atoms with Gasteiger partial charge in [-0.05, 0) is 19.8 Å². The lowest BCUT2D eigenvalue weighted by molar-refractivity contribution is -0.145. The summed E-state index contributed by atoms with van der Waals surface area (Å²) in [5, 5.41) is 2.71. The fraction of sp³-hybridized carbons (Fsp3) is 0.769. The van der Waals surface area contributed by atoms with Crippen LogP contribution in [-0.2, 0) is 19.1 Å². The van der Waals surface area contributed by atoms with E-state index in [1.807, 2.05) is 6.92 Å². The highest BCUT2D eigenvalue weighted by Gasteiger charge is 2.40. The third-order valence-corrected chi connectivity index (χ3v) is 3.20. The number of rotatable bonds is 7. The van der Waals surface area contributed by atoms with E-state index in [-0.39, 0.29) is 17.7 Å². The minimum absolute atomic E-state index is 0.153. The number of ether oxygens (including phenoxy) is 1. The molecule has 102 valence electrons. The highest BCUT2D eigenvalue weighted by molar-refractivity contribution is 5.88. The largest absolute Gasteiger partial charge is 0.464 e. The van der Waals surface area contributed by atoms with Crippen molar-refractivity contribution in [2.24, 2.45) is 0 Å². The van der Waals surface area contributed by atoms with Crippen molar-refractivity contribution in [3.8, 4) is 0 Å². The highest BCUT2D eigenvalue weighted by atomic mass is 16.5. The molecule has 0 saturated carbocycles. The lowest BCUT2D eigenvalue weighted by atomic mass is 10.0. The van der Waals surface area contributed by atoms with Gasteiger partial charge in [0.1, 0.15) is 11.3 Å². The van der Waals surface area contributed by atoms with Gasteiger partial charge in [-0.15, -0.1) is 0 Å². The minimum atomic E-state index is -0.865. The van der Waals surface area contributed by atoms with Crippen LogP contribution in [0.2, 0.25) is 0 Å². The molecule has 0 radical (unpaired) electrons. The third kappa shape index (κ3) is 4.13. The molecular formula is C13H21NO4. The number of hydrogen-bond donors (Lipinski definition) is 1. The van der Waals surface area contributed by atoms with E-state index in [9.17, 15) is 14.4 Å². The zero-order valence-electron chi connectivity index (χ0n) is 11.1. The van der Waals surface area contributed by atoms with Gasteiger partial charge in [0.25, 0.3) is 0 Å². The first-order valence-electron chi connectivity index (χ1n) is 6.48. The van der Waals surface area contributed by atoms with E-state index in [0.717, 1.165) is 6.42 Å². The van der Waals surface area contributed by atoms with Crippen LogP contribution >= 0.6 is 0 Å². The molecule has 0 spiro atoms. The summed E-state index contributed by atoms with van der Waals surface area (Å²) in [6.45, 7) is 3.88. The van der Waals surface area contributed by atoms with Crippen molar-refractivity contribution in [3.63, 3.8) is 0 Å². The number of carbonyl (C=O) groups is 3. The molecule has 1 heterocycles. The standard InChI is InChI=1S/C13H21NO4/c1-3-10(15)6-4-5-7-11(16)14-13(2)8-9-18-12(13)17/h3-9H2,1-2H3,(H,14,16)/t13-/m0/s1. The first-order valence-corrected chi connectivity index (χ1v) is 6.48. The van der Waals surface area contributed by atoms with Crippen LogP contribution in [0, 0.1) is 0 Å². The molecule has 1 saturated heterocycles. The highest BCUT2D eigenvalue weighted by Crippen LogP contribution is 2.19. The maximum absolute atomic E-state index is 11.7. The summed E-state index contributed by atoms with van der Waals surface area (Å²) in [5.74, 6) is -0.293. The Morgan fingerprint density at radius 3 is 2.56 bits per heavy atom. The van der Waals surface area contributed by atoms with E-state index in [0.29, 0.717) is 38.7 Å². The summed E-state index contributed by atoms with van der Waals surface area (Å²) < 4.78 is 4.84. The molecule has 1 fully saturated rings. The quantitative estimate of drug-likeness (QED) is 0.550. The molecule has 5 heteroatoms. The molecule has 0 unspecified atom stereocenters. The Morgan fingerprint density at radius 1 is 1.33 bits per heavy atom. The average Bonchev–Trinajstić information content (AvgIpc) is 2.64. The molecule has 1 amide bonds. The molecule has 0 aromatic heterocycles. The van der Waals surface area contributed by atoms with Crippen molar-refractivity contribution >= 4 is 17.7 Å². The molecule has 0 aromatic carbocycles. The van der Waals surface area contributed by atoms with Crippen molar-refractivity contribution in [2.45, 2.75) is 57.9 Å². The van der Waals surface area contributed by atoms with Crippen LogP contribution < -0.4 is 5.32 Å². The Kier molecular flexibility index (Phi) is 5.31. The van der Waals surface area contributed by atoms with Gasteiger partial charge in [0.15, 0.2) is 0 Å². The smallest absolute Gasteiger partial charge is 0.331 e. The second-order valence-corrected chi connectivity index (χ2v) is 4.87. The number of unbranched alkanes of at least 4 members (excludes halogenated alkanes) is 1. The van der Waals surface area contributed by atoms with Gasteiger partial charge in [-0.3, -0.25) is 9.59 Å². The molecule has 1 aliphatic rings. The van der Waals surface area contributed by atoms with E-state index in [4.69, 9.17) is 4.74 Å². The second-order valence-electron chi connectivity index (χ2n) is 4.87. The molecule has 18 heavy (non-hydrogen) atoms. The molecule has 1 N–H and O–H groups in total. The summed E-state index contributed by atoms with van der Waals surface area (Å²) in [4.78, 5) is 34.1. The first-order chi connectivity index (χ1) is 8.48. The van der Waals surface area contributed by atoms with Crippen molar-refractivity contribution in [2.75, 3.05) is 6.61 Å². The van der Waals surface area contributed by atoms with Gasteiger partial charge in [0.2, 0.25) is 5.91 Å². The summed E-state index contributed by atoms with van der Waals surface area (Å²) in [5.41, 5.74) is -0.865. The fourth-order valence-electron chi connectivity index (χ4n) is 1.88. The number of ketones is 1. The monoisotopic (exact) mass is 255 g/mol. The van der Waals surface area contributed by atoms with Gasteiger partial charge in [-0.25, -0.2) is 4.79 Å². The summed E-state index contributed by atoms with van der Waals surface area (Å²) in [7, 11) is 0. The molecular weight excluding hydrogens is 234 g/mol. The normalized spacial score (nSPS) is 22.7. The predicted molar refractivity (Wildman–Crippen MR) is 65.9 cm³/mol. The van der Waals surface area contributed by atoms with E-state index in [1.54, 1.807) is 6.92 Å². The van der Waals surface area contributed by atoms with E-state index >= 15 is 0 Å². The van der Waals surface area contributed by atoms with Gasteiger partial charge in [-0.2, -0.15) is 0 Å². The average molecular weight is 255 g/mol. The van der Waals surface area contributed by atoms with E-state index in [1.165, 1.54) is 0 Å². The zero-order chi connectivity index (χ0) is 13.6. The number of amides is 1. The maximum atomic E-state index is 11.7. The lowest BCUT2D eigenvalue weighted by Gasteiger charge is -2.20. The number of Topliss-reactive ketones (excluding diaryl/α,β-unsaturated/α-hetero) is 1. The van der Waals surface area contributed by atoms with Crippen molar-refractivity contribution in [3.05, 3.63) is 0 Å². The molecule has 1 atom stereocenters. The van der Waals surface area contributed by atoms with Crippen LogP contribution in [0.5, 0.6) is 0 Å². The Morgan fingerprint density at radius 2 is 2.00 bits per heavy atom. The molecule has 5 nitrogen and oxygen atoms in total. The maximum Gasteiger partial charge on any atom is 0.331 e. The van der Waals surface area contributed by atoms with Gasteiger partial charge in [0, 0.05) is 25.7 Å². The Labute approximate surface area is 107 Å². The van der Waals surface area contributed by atoms with Gasteiger partial charge >= 0.3 is 5.97 Å². The fourth-order valence-corrected chi connectivity index (χ4v) is 1.88. The van der Waals surface area contributed by atoms with Gasteiger partial charge < -0.3 is 10.1 Å². The van der Waals surface area contributed by atoms with Gasteiger partial charge in [-0.1, -0.05) is 6.92 Å². The summed E-state index contributed by atoms with van der Waals surface area (Å²) in [6, 6.07) is 0. The van der Waals surface area contributed by atoms with Crippen LogP contribution in [-0.4, -0.2) is 29.8 Å². The topological polar surface area (TPSA) is 72.5 Å². The zero-order valence-corrected chi connectivity index (χ0v) is 11.1. The molecule has 1 aliphatic heterocycles. The van der Waals surface area contributed by atoms with Crippen LogP contribution in [0.1, 0.15) is 52.4 Å². The number of hydrogen-bond acceptors (Lipinski definition) is 4.